The number of carbonyl (C=O) groups is 1. The summed E-state index contributed by atoms with van der Waals surface area (Å²) in [5, 5.41) is 8.68. The number of carboxylic acid groups (broad SMARTS) is 1. The quantitative estimate of drug-likeness (QED) is 0.909. The molecule has 0 unspecified atom stereocenters. The molecule has 1 N–H and O–H groups in total. The average Bonchev–Trinajstić information content (AvgIpc) is 2.52. The first-order valence-corrected chi connectivity index (χ1v) is 6.57. The van der Waals surface area contributed by atoms with Gasteiger partial charge in [0.05, 0.1) is 6.42 Å². The Bertz CT molecular complexity index is 692. The van der Waals surface area contributed by atoms with Crippen LogP contribution in [-0.4, -0.2) is 39.6 Å². The molecule has 0 spiro atoms. The topological polar surface area (TPSA) is 79.2 Å². The molecular weight excluding hydrogens is 313 g/mol. The third kappa shape index (κ3) is 4.38. The number of rotatable bonds is 5. The SMILES string of the molecule is CN(CCC(=O)O)c1cc(C(F)(F)F)nc(-c2ccncc2)n1. The van der Waals surface area contributed by atoms with Crippen molar-refractivity contribution in [3.8, 4) is 11.4 Å². The molecule has 2 aromatic heterocycles. The van der Waals surface area contributed by atoms with Crippen molar-refractivity contribution in [3.05, 3.63) is 36.3 Å². The van der Waals surface area contributed by atoms with Crippen LogP contribution in [0, 0.1) is 0 Å². The van der Waals surface area contributed by atoms with Crippen LogP contribution in [0.25, 0.3) is 11.4 Å². The van der Waals surface area contributed by atoms with E-state index in [1.165, 1.54) is 36.5 Å². The zero-order valence-corrected chi connectivity index (χ0v) is 12.1. The molecule has 0 saturated heterocycles. The lowest BCUT2D eigenvalue weighted by Crippen LogP contribution is -2.23. The van der Waals surface area contributed by atoms with Gasteiger partial charge in [-0.15, -0.1) is 0 Å². The fourth-order valence-corrected chi connectivity index (χ4v) is 1.78. The first-order valence-electron chi connectivity index (χ1n) is 6.57. The molecule has 23 heavy (non-hydrogen) atoms. The molecule has 0 aliphatic heterocycles. The number of carboxylic acids is 1. The first kappa shape index (κ1) is 16.7. The highest BCUT2D eigenvalue weighted by Gasteiger charge is 2.34. The number of aliphatic carboxylic acids is 1. The van der Waals surface area contributed by atoms with Crippen molar-refractivity contribution in [2.24, 2.45) is 0 Å². The number of alkyl halides is 3. The Kier molecular flexibility index (Phi) is 4.77. The predicted molar refractivity (Wildman–Crippen MR) is 75.8 cm³/mol. The maximum Gasteiger partial charge on any atom is 0.433 e. The summed E-state index contributed by atoms with van der Waals surface area (Å²) in [6, 6.07) is 3.79. The highest BCUT2D eigenvalue weighted by Crippen LogP contribution is 2.31. The van der Waals surface area contributed by atoms with Crippen molar-refractivity contribution in [1.82, 2.24) is 15.0 Å². The van der Waals surface area contributed by atoms with Gasteiger partial charge in [0, 0.05) is 37.6 Å². The van der Waals surface area contributed by atoms with Gasteiger partial charge in [-0.1, -0.05) is 0 Å². The number of hydrogen-bond donors (Lipinski definition) is 1. The van der Waals surface area contributed by atoms with Gasteiger partial charge < -0.3 is 10.0 Å². The summed E-state index contributed by atoms with van der Waals surface area (Å²) in [6.45, 7) is 0.0272. The fraction of sp³-hybridized carbons (Fsp3) is 0.286. The molecule has 0 fully saturated rings. The number of aromatic nitrogens is 3. The lowest BCUT2D eigenvalue weighted by molar-refractivity contribution is -0.141. The highest BCUT2D eigenvalue weighted by molar-refractivity contribution is 5.67. The molecule has 9 heteroatoms. The van der Waals surface area contributed by atoms with Crippen molar-refractivity contribution in [3.63, 3.8) is 0 Å². The summed E-state index contributed by atoms with van der Waals surface area (Å²) in [4.78, 5) is 23.4. The number of halogens is 3. The summed E-state index contributed by atoms with van der Waals surface area (Å²) in [5.41, 5.74) is -0.699. The van der Waals surface area contributed by atoms with Gasteiger partial charge in [0.1, 0.15) is 5.82 Å². The molecule has 0 aliphatic carbocycles. The Morgan fingerprint density at radius 2 is 1.91 bits per heavy atom. The molecular formula is C14H13F3N4O2. The standard InChI is InChI=1S/C14H13F3N4O2/c1-21(7-4-12(22)23)11-8-10(14(15,16)17)19-13(20-11)9-2-5-18-6-3-9/h2-3,5-6,8H,4,7H2,1H3,(H,22,23). The van der Waals surface area contributed by atoms with E-state index in [-0.39, 0.29) is 24.6 Å². The van der Waals surface area contributed by atoms with Crippen molar-refractivity contribution in [2.75, 3.05) is 18.5 Å². The molecule has 2 rings (SSSR count). The lowest BCUT2D eigenvalue weighted by Gasteiger charge is -2.19. The average molecular weight is 326 g/mol. The van der Waals surface area contributed by atoms with Gasteiger partial charge >= 0.3 is 12.1 Å². The molecule has 0 bridgehead atoms. The van der Waals surface area contributed by atoms with Gasteiger partial charge in [-0.2, -0.15) is 13.2 Å². The van der Waals surface area contributed by atoms with E-state index in [4.69, 9.17) is 5.11 Å². The van der Waals surface area contributed by atoms with Gasteiger partial charge in [0.2, 0.25) is 0 Å². The van der Waals surface area contributed by atoms with Gasteiger partial charge in [-0.05, 0) is 12.1 Å². The molecule has 0 amide bonds. The van der Waals surface area contributed by atoms with E-state index in [1.54, 1.807) is 0 Å². The van der Waals surface area contributed by atoms with Crippen molar-refractivity contribution >= 4 is 11.8 Å². The van der Waals surface area contributed by atoms with Gasteiger partial charge in [-0.25, -0.2) is 9.97 Å². The van der Waals surface area contributed by atoms with Crippen molar-refractivity contribution in [1.29, 1.82) is 0 Å². The second-order valence-corrected chi connectivity index (χ2v) is 4.73. The van der Waals surface area contributed by atoms with Crippen molar-refractivity contribution < 1.29 is 23.1 Å². The van der Waals surface area contributed by atoms with Crippen LogP contribution >= 0.6 is 0 Å². The van der Waals surface area contributed by atoms with E-state index >= 15 is 0 Å². The maximum atomic E-state index is 13.0. The molecule has 6 nitrogen and oxygen atoms in total. The van der Waals surface area contributed by atoms with E-state index in [2.05, 4.69) is 15.0 Å². The Morgan fingerprint density at radius 3 is 2.48 bits per heavy atom. The minimum Gasteiger partial charge on any atom is -0.481 e. The molecule has 2 heterocycles. The molecule has 0 aliphatic rings. The number of hydrogen-bond acceptors (Lipinski definition) is 5. The zero-order valence-electron chi connectivity index (χ0n) is 12.1. The Labute approximate surface area is 129 Å². The molecule has 0 aromatic carbocycles. The lowest BCUT2D eigenvalue weighted by atomic mass is 10.2. The Hall–Kier alpha value is -2.71. The van der Waals surface area contributed by atoms with Gasteiger partial charge in [0.15, 0.2) is 11.5 Å². The Balaban J connectivity index is 2.44. The minimum atomic E-state index is -4.63. The largest absolute Gasteiger partial charge is 0.481 e. The number of anilines is 1. The van der Waals surface area contributed by atoms with E-state index in [0.717, 1.165) is 6.07 Å². The summed E-state index contributed by atoms with van der Waals surface area (Å²) in [6.07, 6.45) is -2.00. The van der Waals surface area contributed by atoms with E-state index in [9.17, 15) is 18.0 Å². The molecule has 0 radical (unpaired) electrons. The minimum absolute atomic E-state index is 0.000359. The molecule has 2 aromatic rings. The van der Waals surface area contributed by atoms with Crippen LogP contribution in [0.3, 0.4) is 0 Å². The molecule has 0 saturated carbocycles. The number of pyridine rings is 1. The third-order valence-electron chi connectivity index (χ3n) is 2.99. The second-order valence-electron chi connectivity index (χ2n) is 4.73. The normalized spacial score (nSPS) is 11.3. The highest BCUT2D eigenvalue weighted by atomic mass is 19.4. The van der Waals surface area contributed by atoms with Gasteiger partial charge in [0.25, 0.3) is 0 Å². The monoisotopic (exact) mass is 326 g/mol. The molecule has 122 valence electrons. The molecule has 0 atom stereocenters. The van der Waals surface area contributed by atoms with Crippen LogP contribution < -0.4 is 4.90 Å². The first-order chi connectivity index (χ1) is 10.8. The summed E-state index contributed by atoms with van der Waals surface area (Å²) in [5.74, 6) is -1.14. The summed E-state index contributed by atoms with van der Waals surface area (Å²) < 4.78 is 39.1. The third-order valence-corrected chi connectivity index (χ3v) is 2.99. The Morgan fingerprint density at radius 1 is 1.26 bits per heavy atom. The summed E-state index contributed by atoms with van der Waals surface area (Å²) >= 11 is 0. The van der Waals surface area contributed by atoms with Crippen LogP contribution in [0.5, 0.6) is 0 Å². The van der Waals surface area contributed by atoms with Crippen LogP contribution in [0.4, 0.5) is 19.0 Å². The van der Waals surface area contributed by atoms with Crippen LogP contribution in [-0.2, 0) is 11.0 Å². The predicted octanol–water partition coefficient (Wildman–Crippen LogP) is 2.47. The van der Waals surface area contributed by atoms with E-state index in [0.29, 0.717) is 5.56 Å². The van der Waals surface area contributed by atoms with E-state index < -0.39 is 17.8 Å². The smallest absolute Gasteiger partial charge is 0.433 e. The fourth-order valence-electron chi connectivity index (χ4n) is 1.78. The number of nitrogens with zero attached hydrogens (tertiary/aromatic N) is 4. The van der Waals surface area contributed by atoms with E-state index in [1.807, 2.05) is 0 Å². The maximum absolute atomic E-state index is 13.0. The van der Waals surface area contributed by atoms with Gasteiger partial charge in [-0.3, -0.25) is 9.78 Å². The zero-order chi connectivity index (χ0) is 17.0. The van der Waals surface area contributed by atoms with Crippen LogP contribution in [0.2, 0.25) is 0 Å². The van der Waals surface area contributed by atoms with Crippen molar-refractivity contribution in [2.45, 2.75) is 12.6 Å². The summed E-state index contributed by atoms with van der Waals surface area (Å²) in [7, 11) is 1.47. The van der Waals surface area contributed by atoms with Crippen LogP contribution in [0.15, 0.2) is 30.6 Å². The van der Waals surface area contributed by atoms with Crippen LogP contribution in [0.1, 0.15) is 12.1 Å². The second kappa shape index (κ2) is 6.59.